The first-order chi connectivity index (χ1) is 6.27. The van der Waals surface area contributed by atoms with E-state index in [9.17, 15) is 0 Å². The van der Waals surface area contributed by atoms with Gasteiger partial charge in [-0.1, -0.05) is 12.8 Å². The number of hydrogen-bond acceptors (Lipinski definition) is 2. The lowest BCUT2D eigenvalue weighted by Crippen LogP contribution is -2.51. The Morgan fingerprint density at radius 3 is 2.69 bits per heavy atom. The molecule has 0 aromatic heterocycles. The van der Waals surface area contributed by atoms with Gasteiger partial charge >= 0.3 is 0 Å². The standard InChI is InChI=1S/C11H22N2/c1-13-7-4-10(9-12)8-11(13)5-2-3-6-11/h10H,2-9,12H2,1H3. The average molecular weight is 182 g/mol. The van der Waals surface area contributed by atoms with E-state index >= 15 is 0 Å². The van der Waals surface area contributed by atoms with Crippen LogP contribution in [0.1, 0.15) is 38.5 Å². The summed E-state index contributed by atoms with van der Waals surface area (Å²) in [4.78, 5) is 2.60. The van der Waals surface area contributed by atoms with Gasteiger partial charge in [-0.05, 0) is 51.7 Å². The smallest absolute Gasteiger partial charge is 0.0209 e. The van der Waals surface area contributed by atoms with Crippen LogP contribution in [0.2, 0.25) is 0 Å². The Hall–Kier alpha value is -0.0800. The Kier molecular flexibility index (Phi) is 2.61. The molecule has 2 fully saturated rings. The lowest BCUT2D eigenvalue weighted by atomic mass is 9.79. The number of nitrogens with zero attached hydrogens (tertiary/aromatic N) is 1. The highest BCUT2D eigenvalue weighted by molar-refractivity contribution is 4.98. The molecule has 1 aliphatic carbocycles. The molecular weight excluding hydrogens is 160 g/mol. The molecule has 0 radical (unpaired) electrons. The second-order valence-electron chi connectivity index (χ2n) is 4.95. The van der Waals surface area contributed by atoms with E-state index in [0.29, 0.717) is 5.54 Å². The summed E-state index contributed by atoms with van der Waals surface area (Å²) in [7, 11) is 2.30. The van der Waals surface area contributed by atoms with Crippen molar-refractivity contribution in [3.63, 3.8) is 0 Å². The highest BCUT2D eigenvalue weighted by Gasteiger charge is 2.41. The SMILES string of the molecule is CN1CCC(CN)CC12CCCC2. The van der Waals surface area contributed by atoms with Gasteiger partial charge in [-0.25, -0.2) is 0 Å². The molecule has 1 saturated carbocycles. The summed E-state index contributed by atoms with van der Waals surface area (Å²) in [6, 6.07) is 0. The van der Waals surface area contributed by atoms with Gasteiger partial charge in [0.05, 0.1) is 0 Å². The molecule has 0 amide bonds. The van der Waals surface area contributed by atoms with Crippen molar-refractivity contribution in [2.75, 3.05) is 20.1 Å². The molecule has 2 rings (SSSR count). The summed E-state index contributed by atoms with van der Waals surface area (Å²) in [6.45, 7) is 2.16. The van der Waals surface area contributed by atoms with Crippen LogP contribution in [-0.2, 0) is 0 Å². The molecule has 1 unspecified atom stereocenters. The molecule has 2 aliphatic rings. The van der Waals surface area contributed by atoms with Gasteiger partial charge in [-0.2, -0.15) is 0 Å². The molecule has 2 heteroatoms. The van der Waals surface area contributed by atoms with Gasteiger partial charge < -0.3 is 10.6 Å². The van der Waals surface area contributed by atoms with Crippen molar-refractivity contribution in [3.8, 4) is 0 Å². The van der Waals surface area contributed by atoms with E-state index in [1.165, 1.54) is 45.1 Å². The van der Waals surface area contributed by atoms with Crippen LogP contribution >= 0.6 is 0 Å². The molecule has 2 nitrogen and oxygen atoms in total. The fourth-order valence-corrected chi connectivity index (χ4v) is 3.23. The topological polar surface area (TPSA) is 29.3 Å². The van der Waals surface area contributed by atoms with Crippen LogP contribution in [0.25, 0.3) is 0 Å². The van der Waals surface area contributed by atoms with Crippen molar-refractivity contribution in [1.82, 2.24) is 4.90 Å². The summed E-state index contributed by atoms with van der Waals surface area (Å²) >= 11 is 0. The highest BCUT2D eigenvalue weighted by Crippen LogP contribution is 2.42. The Morgan fingerprint density at radius 1 is 1.38 bits per heavy atom. The molecule has 1 spiro atoms. The van der Waals surface area contributed by atoms with Crippen molar-refractivity contribution in [2.24, 2.45) is 11.7 Å². The van der Waals surface area contributed by atoms with Crippen LogP contribution in [0.5, 0.6) is 0 Å². The average Bonchev–Trinajstić information content (AvgIpc) is 2.60. The van der Waals surface area contributed by atoms with E-state index in [1.54, 1.807) is 0 Å². The van der Waals surface area contributed by atoms with Crippen LogP contribution in [-0.4, -0.2) is 30.6 Å². The van der Waals surface area contributed by atoms with Crippen LogP contribution in [0.4, 0.5) is 0 Å². The third kappa shape index (κ3) is 1.62. The number of likely N-dealkylation sites (tertiary alicyclic amines) is 1. The van der Waals surface area contributed by atoms with Crippen LogP contribution in [0, 0.1) is 5.92 Å². The van der Waals surface area contributed by atoms with Crippen molar-refractivity contribution < 1.29 is 0 Å². The largest absolute Gasteiger partial charge is 0.330 e. The number of hydrogen-bond donors (Lipinski definition) is 1. The predicted molar refractivity (Wildman–Crippen MR) is 55.6 cm³/mol. The zero-order valence-electron chi connectivity index (χ0n) is 8.76. The summed E-state index contributed by atoms with van der Waals surface area (Å²) in [6.07, 6.45) is 8.37. The Bertz CT molecular complexity index is 173. The van der Waals surface area contributed by atoms with Gasteiger partial charge in [-0.15, -0.1) is 0 Å². The second-order valence-corrected chi connectivity index (χ2v) is 4.95. The van der Waals surface area contributed by atoms with Gasteiger partial charge in [0.15, 0.2) is 0 Å². The Labute approximate surface area is 81.5 Å². The number of piperidine rings is 1. The van der Waals surface area contributed by atoms with Gasteiger partial charge in [0.2, 0.25) is 0 Å². The van der Waals surface area contributed by atoms with Crippen molar-refractivity contribution in [3.05, 3.63) is 0 Å². The first-order valence-electron chi connectivity index (χ1n) is 5.68. The third-order valence-electron chi connectivity index (χ3n) is 4.22. The summed E-state index contributed by atoms with van der Waals surface area (Å²) in [5.41, 5.74) is 6.34. The van der Waals surface area contributed by atoms with E-state index in [-0.39, 0.29) is 0 Å². The number of nitrogens with two attached hydrogens (primary N) is 1. The third-order valence-corrected chi connectivity index (χ3v) is 4.22. The molecule has 2 N–H and O–H groups in total. The molecule has 1 heterocycles. The second kappa shape index (κ2) is 3.58. The molecule has 0 aromatic rings. The zero-order chi connectivity index (χ0) is 9.31. The maximum Gasteiger partial charge on any atom is 0.0209 e. The number of rotatable bonds is 1. The first kappa shape index (κ1) is 9.47. The van der Waals surface area contributed by atoms with E-state index in [0.717, 1.165) is 12.5 Å². The molecule has 1 saturated heterocycles. The van der Waals surface area contributed by atoms with Gasteiger partial charge in [0, 0.05) is 5.54 Å². The van der Waals surface area contributed by atoms with E-state index in [2.05, 4.69) is 11.9 Å². The van der Waals surface area contributed by atoms with Gasteiger partial charge in [0.1, 0.15) is 0 Å². The van der Waals surface area contributed by atoms with Crippen molar-refractivity contribution >= 4 is 0 Å². The normalized spacial score (nSPS) is 34.2. The van der Waals surface area contributed by atoms with Crippen LogP contribution in [0.3, 0.4) is 0 Å². The Balaban J connectivity index is 2.05. The first-order valence-corrected chi connectivity index (χ1v) is 5.68. The zero-order valence-corrected chi connectivity index (χ0v) is 8.76. The molecule has 13 heavy (non-hydrogen) atoms. The lowest BCUT2D eigenvalue weighted by molar-refractivity contribution is 0.0496. The summed E-state index contributed by atoms with van der Waals surface area (Å²) in [5.74, 6) is 0.800. The fourth-order valence-electron chi connectivity index (χ4n) is 3.23. The molecule has 0 bridgehead atoms. The predicted octanol–water partition coefficient (Wildman–Crippen LogP) is 1.60. The van der Waals surface area contributed by atoms with Gasteiger partial charge in [-0.3, -0.25) is 0 Å². The molecular formula is C11H22N2. The quantitative estimate of drug-likeness (QED) is 0.667. The van der Waals surface area contributed by atoms with Crippen LogP contribution in [0.15, 0.2) is 0 Å². The fraction of sp³-hybridized carbons (Fsp3) is 1.00. The van der Waals surface area contributed by atoms with Crippen molar-refractivity contribution in [1.29, 1.82) is 0 Å². The molecule has 0 aromatic carbocycles. The highest BCUT2D eigenvalue weighted by atomic mass is 15.2. The monoisotopic (exact) mass is 182 g/mol. The van der Waals surface area contributed by atoms with E-state index in [1.807, 2.05) is 0 Å². The van der Waals surface area contributed by atoms with E-state index < -0.39 is 0 Å². The van der Waals surface area contributed by atoms with E-state index in [4.69, 9.17) is 5.73 Å². The minimum atomic E-state index is 0.558. The van der Waals surface area contributed by atoms with Crippen molar-refractivity contribution in [2.45, 2.75) is 44.1 Å². The minimum Gasteiger partial charge on any atom is -0.330 e. The minimum absolute atomic E-state index is 0.558. The maximum absolute atomic E-state index is 5.78. The van der Waals surface area contributed by atoms with Gasteiger partial charge in [0.25, 0.3) is 0 Å². The lowest BCUT2D eigenvalue weighted by Gasteiger charge is -2.46. The molecule has 76 valence electrons. The summed E-state index contributed by atoms with van der Waals surface area (Å²) < 4.78 is 0. The molecule has 1 atom stereocenters. The van der Waals surface area contributed by atoms with Crippen LogP contribution < -0.4 is 5.73 Å². The summed E-state index contributed by atoms with van der Waals surface area (Å²) in [5, 5.41) is 0. The molecule has 1 aliphatic heterocycles. The Morgan fingerprint density at radius 2 is 2.08 bits per heavy atom. The maximum atomic E-state index is 5.78.